The highest BCUT2D eigenvalue weighted by Gasteiger charge is 2.18. The molecule has 3 heteroatoms. The lowest BCUT2D eigenvalue weighted by Crippen LogP contribution is -2.49. The first-order valence-corrected chi connectivity index (χ1v) is 6.85. The van der Waals surface area contributed by atoms with E-state index in [2.05, 4.69) is 42.3 Å². The van der Waals surface area contributed by atoms with Crippen molar-refractivity contribution in [2.24, 2.45) is 0 Å². The van der Waals surface area contributed by atoms with Crippen molar-refractivity contribution in [3.8, 4) is 5.75 Å². The van der Waals surface area contributed by atoms with E-state index in [-0.39, 0.29) is 0 Å². The Morgan fingerprint density at radius 2 is 2.28 bits per heavy atom. The van der Waals surface area contributed by atoms with Gasteiger partial charge in [0.05, 0.1) is 7.11 Å². The van der Waals surface area contributed by atoms with Crippen molar-refractivity contribution in [1.29, 1.82) is 0 Å². The Hall–Kier alpha value is -1.06. The smallest absolute Gasteiger partial charge is 0.122 e. The Bertz CT molecular complexity index is 392. The maximum absolute atomic E-state index is 5.38. The van der Waals surface area contributed by atoms with Gasteiger partial charge in [-0.1, -0.05) is 19.1 Å². The van der Waals surface area contributed by atoms with Gasteiger partial charge in [-0.3, -0.25) is 4.90 Å². The number of rotatable bonds is 4. The molecule has 0 saturated carbocycles. The fourth-order valence-electron chi connectivity index (χ4n) is 2.56. The summed E-state index contributed by atoms with van der Waals surface area (Å²) in [7, 11) is 1.74. The van der Waals surface area contributed by atoms with Crippen molar-refractivity contribution < 1.29 is 4.74 Å². The fourth-order valence-corrected chi connectivity index (χ4v) is 2.56. The van der Waals surface area contributed by atoms with Crippen LogP contribution in [0.5, 0.6) is 5.75 Å². The Kier molecular flexibility index (Phi) is 4.61. The first-order chi connectivity index (χ1) is 8.74. The van der Waals surface area contributed by atoms with E-state index in [9.17, 15) is 0 Å². The molecule has 0 aliphatic carbocycles. The molecule has 0 radical (unpaired) electrons. The quantitative estimate of drug-likeness (QED) is 0.882. The summed E-state index contributed by atoms with van der Waals surface area (Å²) < 4.78 is 5.38. The molecule has 1 unspecified atom stereocenters. The molecule has 1 fully saturated rings. The summed E-state index contributed by atoms with van der Waals surface area (Å²) >= 11 is 0. The fraction of sp³-hybridized carbons (Fsp3) is 0.600. The Morgan fingerprint density at radius 1 is 1.44 bits per heavy atom. The molecule has 1 aliphatic rings. The average molecular weight is 248 g/mol. The highest BCUT2D eigenvalue weighted by atomic mass is 16.5. The normalized spacial score (nSPS) is 20.9. The van der Waals surface area contributed by atoms with E-state index >= 15 is 0 Å². The summed E-state index contributed by atoms with van der Waals surface area (Å²) in [5.74, 6) is 1.01. The minimum Gasteiger partial charge on any atom is -0.496 e. The molecule has 1 saturated heterocycles. The lowest BCUT2D eigenvalue weighted by molar-refractivity contribution is 0.165. The van der Waals surface area contributed by atoms with Crippen LogP contribution in [0.15, 0.2) is 18.2 Å². The summed E-state index contributed by atoms with van der Waals surface area (Å²) in [6.07, 6.45) is 1.02. The second kappa shape index (κ2) is 6.21. The topological polar surface area (TPSA) is 24.5 Å². The minimum absolute atomic E-state index is 0.617. The number of hydrogen-bond donors (Lipinski definition) is 1. The molecule has 1 aromatic rings. The zero-order chi connectivity index (χ0) is 13.0. The van der Waals surface area contributed by atoms with Gasteiger partial charge in [-0.25, -0.2) is 0 Å². The van der Waals surface area contributed by atoms with Crippen molar-refractivity contribution in [3.63, 3.8) is 0 Å². The second-order valence-corrected chi connectivity index (χ2v) is 5.02. The molecule has 1 atom stereocenters. The maximum atomic E-state index is 5.38. The van der Waals surface area contributed by atoms with Crippen molar-refractivity contribution in [2.45, 2.75) is 32.9 Å². The minimum atomic E-state index is 0.617. The van der Waals surface area contributed by atoms with E-state index in [1.165, 1.54) is 11.1 Å². The van der Waals surface area contributed by atoms with E-state index in [0.29, 0.717) is 6.04 Å². The number of ether oxygens (including phenoxy) is 1. The third kappa shape index (κ3) is 3.03. The average Bonchev–Trinajstić information content (AvgIpc) is 2.41. The Labute approximate surface area is 110 Å². The van der Waals surface area contributed by atoms with E-state index in [0.717, 1.165) is 38.3 Å². The molecule has 0 amide bonds. The van der Waals surface area contributed by atoms with Crippen molar-refractivity contribution in [3.05, 3.63) is 29.3 Å². The third-order valence-electron chi connectivity index (χ3n) is 3.75. The van der Waals surface area contributed by atoms with Crippen molar-refractivity contribution >= 4 is 0 Å². The summed E-state index contributed by atoms with van der Waals surface area (Å²) in [6.45, 7) is 8.83. The molecule has 1 aliphatic heterocycles. The molecule has 18 heavy (non-hydrogen) atoms. The van der Waals surface area contributed by atoms with Gasteiger partial charge in [-0.2, -0.15) is 0 Å². The van der Waals surface area contributed by atoms with Gasteiger partial charge in [0.15, 0.2) is 0 Å². The number of hydrogen-bond acceptors (Lipinski definition) is 3. The molecule has 0 bridgehead atoms. The summed E-state index contributed by atoms with van der Waals surface area (Å²) in [6, 6.07) is 7.19. The van der Waals surface area contributed by atoms with Crippen LogP contribution in [0.25, 0.3) is 0 Å². The number of benzene rings is 1. The highest BCUT2D eigenvalue weighted by Crippen LogP contribution is 2.21. The van der Waals surface area contributed by atoms with Crippen LogP contribution in [0.2, 0.25) is 0 Å². The molecule has 0 spiro atoms. The van der Waals surface area contributed by atoms with E-state index in [1.54, 1.807) is 7.11 Å². The number of nitrogens with one attached hydrogen (secondary N) is 1. The van der Waals surface area contributed by atoms with Crippen LogP contribution in [0.1, 0.15) is 25.0 Å². The molecular formula is C15H24N2O. The van der Waals surface area contributed by atoms with Gasteiger partial charge in [-0.05, 0) is 30.5 Å². The van der Waals surface area contributed by atoms with Crippen molar-refractivity contribution in [1.82, 2.24) is 10.2 Å². The van der Waals surface area contributed by atoms with Crippen LogP contribution in [-0.2, 0) is 13.0 Å². The molecule has 2 rings (SSSR count). The molecule has 0 aromatic heterocycles. The van der Waals surface area contributed by atoms with Crippen LogP contribution >= 0.6 is 0 Å². The van der Waals surface area contributed by atoms with Crippen LogP contribution in [0.3, 0.4) is 0 Å². The summed E-state index contributed by atoms with van der Waals surface area (Å²) in [5, 5.41) is 3.43. The van der Waals surface area contributed by atoms with Crippen LogP contribution in [0, 0.1) is 0 Å². The molecule has 1 N–H and O–H groups in total. The van der Waals surface area contributed by atoms with E-state index in [1.807, 2.05) is 0 Å². The molecule has 100 valence electrons. The summed E-state index contributed by atoms with van der Waals surface area (Å²) in [4.78, 5) is 2.54. The number of aryl methyl sites for hydroxylation is 1. The highest BCUT2D eigenvalue weighted by molar-refractivity contribution is 5.37. The Balaban J connectivity index is 2.08. The standard InChI is InChI=1S/C15H24N2O/c1-4-14-9-13(5-6-15(14)18-3)11-17-8-7-16-10-12(17)2/h5-6,9,12,16H,4,7-8,10-11H2,1-3H3. The number of nitrogens with zero attached hydrogens (tertiary/aromatic N) is 1. The zero-order valence-corrected chi connectivity index (χ0v) is 11.7. The van der Waals surface area contributed by atoms with Gasteiger partial charge in [0, 0.05) is 32.2 Å². The van der Waals surface area contributed by atoms with Gasteiger partial charge >= 0.3 is 0 Å². The zero-order valence-electron chi connectivity index (χ0n) is 11.7. The molecule has 1 heterocycles. The Morgan fingerprint density at radius 3 is 2.94 bits per heavy atom. The second-order valence-electron chi connectivity index (χ2n) is 5.02. The first-order valence-electron chi connectivity index (χ1n) is 6.85. The molecular weight excluding hydrogens is 224 g/mol. The van der Waals surface area contributed by atoms with Gasteiger partial charge in [0.1, 0.15) is 5.75 Å². The predicted molar refractivity (Wildman–Crippen MR) is 75.1 cm³/mol. The van der Waals surface area contributed by atoms with Crippen LogP contribution in [0.4, 0.5) is 0 Å². The summed E-state index contributed by atoms with van der Waals surface area (Å²) in [5.41, 5.74) is 2.69. The van der Waals surface area contributed by atoms with Gasteiger partial charge in [0.2, 0.25) is 0 Å². The maximum Gasteiger partial charge on any atom is 0.122 e. The van der Waals surface area contributed by atoms with E-state index < -0.39 is 0 Å². The van der Waals surface area contributed by atoms with Crippen molar-refractivity contribution in [2.75, 3.05) is 26.7 Å². The predicted octanol–water partition coefficient (Wildman–Crippen LogP) is 2.05. The largest absolute Gasteiger partial charge is 0.496 e. The van der Waals surface area contributed by atoms with Gasteiger partial charge in [0.25, 0.3) is 0 Å². The van der Waals surface area contributed by atoms with Crippen LogP contribution < -0.4 is 10.1 Å². The SMILES string of the molecule is CCc1cc(CN2CCNCC2C)ccc1OC. The third-order valence-corrected chi connectivity index (χ3v) is 3.75. The molecule has 3 nitrogen and oxygen atoms in total. The number of methoxy groups -OCH3 is 1. The number of piperazine rings is 1. The van der Waals surface area contributed by atoms with Gasteiger partial charge < -0.3 is 10.1 Å². The van der Waals surface area contributed by atoms with Gasteiger partial charge in [-0.15, -0.1) is 0 Å². The van der Waals surface area contributed by atoms with E-state index in [4.69, 9.17) is 4.74 Å². The lowest BCUT2D eigenvalue weighted by Gasteiger charge is -2.34. The van der Waals surface area contributed by atoms with Crippen LogP contribution in [-0.4, -0.2) is 37.7 Å². The monoisotopic (exact) mass is 248 g/mol. The molecule has 1 aromatic carbocycles. The lowest BCUT2D eigenvalue weighted by atomic mass is 10.1. The first kappa shape index (κ1) is 13.4.